The van der Waals surface area contributed by atoms with Gasteiger partial charge < -0.3 is 4.31 Å². The summed E-state index contributed by atoms with van der Waals surface area (Å²) in [5, 5.41) is 0. The molecule has 0 saturated carbocycles. The van der Waals surface area contributed by atoms with Crippen molar-refractivity contribution >= 4 is 23.5 Å². The second-order valence-corrected chi connectivity index (χ2v) is 6.76. The molecule has 8 heteroatoms. The van der Waals surface area contributed by atoms with Gasteiger partial charge in [-0.25, -0.2) is 13.2 Å². The first kappa shape index (κ1) is 21.7. The molecule has 2 N–H and O–H groups in total. The highest BCUT2D eigenvalue weighted by atomic mass is 32.2. The van der Waals surface area contributed by atoms with Crippen molar-refractivity contribution in [3.05, 3.63) is 77.2 Å². The van der Waals surface area contributed by atoms with E-state index in [1.807, 2.05) is 40.3 Å². The van der Waals surface area contributed by atoms with Gasteiger partial charge in [-0.05, 0) is 36.2 Å². The lowest BCUT2D eigenvalue weighted by atomic mass is 10.1. The largest absolute Gasteiger partial charge is 0.312 e. The number of alkyl halides is 2. The first-order chi connectivity index (χ1) is 13.3. The summed E-state index contributed by atoms with van der Waals surface area (Å²) >= 11 is 1.46. The van der Waals surface area contributed by atoms with Crippen LogP contribution in [0.4, 0.5) is 18.9 Å². The van der Waals surface area contributed by atoms with Gasteiger partial charge in [-0.1, -0.05) is 43.6 Å². The third-order valence-corrected chi connectivity index (χ3v) is 4.86. The Kier molecular flexibility index (Phi) is 7.80. The minimum Gasteiger partial charge on any atom is -0.312 e. The summed E-state index contributed by atoms with van der Waals surface area (Å²) in [4.78, 5) is 12.0. The smallest absolute Gasteiger partial charge is 0.279 e. The van der Waals surface area contributed by atoms with E-state index in [4.69, 9.17) is 0 Å². The maximum atomic E-state index is 14.5. The molecule has 4 nitrogen and oxygen atoms in total. The maximum absolute atomic E-state index is 14.5. The number of nitrogens with one attached hydrogen (secondary N) is 2. The van der Waals surface area contributed by atoms with E-state index in [0.717, 1.165) is 18.2 Å². The topological polar surface area (TPSA) is 44.4 Å². The Balaban J connectivity index is 2.07. The van der Waals surface area contributed by atoms with Gasteiger partial charge in [0.25, 0.3) is 12.3 Å². The highest BCUT2D eigenvalue weighted by Crippen LogP contribution is 2.25. The molecule has 1 amide bonds. The van der Waals surface area contributed by atoms with Crippen LogP contribution in [0.2, 0.25) is 0 Å². The van der Waals surface area contributed by atoms with Crippen LogP contribution in [0, 0.1) is 5.82 Å². The molecule has 28 heavy (non-hydrogen) atoms. The molecule has 0 unspecified atom stereocenters. The van der Waals surface area contributed by atoms with E-state index in [1.165, 1.54) is 29.6 Å². The Morgan fingerprint density at radius 3 is 2.39 bits per heavy atom. The van der Waals surface area contributed by atoms with Crippen molar-refractivity contribution in [2.45, 2.75) is 26.3 Å². The lowest BCUT2D eigenvalue weighted by molar-refractivity contribution is 0.0928. The number of anilines is 1. The van der Waals surface area contributed by atoms with Crippen LogP contribution in [0.5, 0.6) is 0 Å². The van der Waals surface area contributed by atoms with Crippen molar-refractivity contribution in [1.82, 2.24) is 10.9 Å². The van der Waals surface area contributed by atoms with E-state index in [1.54, 1.807) is 0 Å². The third kappa shape index (κ3) is 5.69. The van der Waals surface area contributed by atoms with Crippen molar-refractivity contribution < 1.29 is 18.0 Å². The maximum Gasteiger partial charge on any atom is 0.279 e. The molecule has 0 aromatic heterocycles. The first-order valence-corrected chi connectivity index (χ1v) is 9.76. The van der Waals surface area contributed by atoms with Crippen molar-refractivity contribution in [3.63, 3.8) is 0 Å². The number of halogens is 3. The minimum absolute atomic E-state index is 0.0128. The molecule has 0 saturated heterocycles. The molecule has 0 radical (unpaired) electrons. The van der Waals surface area contributed by atoms with Crippen molar-refractivity contribution in [2.24, 2.45) is 0 Å². The minimum atomic E-state index is -2.82. The molecule has 2 rings (SSSR count). The summed E-state index contributed by atoms with van der Waals surface area (Å²) in [5.74, 6) is -1.28. The highest BCUT2D eigenvalue weighted by Gasteiger charge is 2.14. The number of benzene rings is 2. The van der Waals surface area contributed by atoms with Gasteiger partial charge in [0.1, 0.15) is 5.82 Å². The lowest BCUT2D eigenvalue weighted by Crippen LogP contribution is -2.38. The second kappa shape index (κ2) is 10.1. The zero-order valence-electron chi connectivity index (χ0n) is 15.6. The van der Waals surface area contributed by atoms with Gasteiger partial charge in [-0.3, -0.25) is 15.6 Å². The number of carbonyl (C=O) groups excluding carboxylic acids is 1. The fourth-order valence-corrected chi connectivity index (χ4v) is 3.00. The van der Waals surface area contributed by atoms with Gasteiger partial charge in [0.2, 0.25) is 0 Å². The van der Waals surface area contributed by atoms with Crippen molar-refractivity contribution in [1.29, 1.82) is 0 Å². The van der Waals surface area contributed by atoms with Crippen LogP contribution < -0.4 is 15.2 Å². The van der Waals surface area contributed by atoms with Crippen LogP contribution in [-0.4, -0.2) is 18.6 Å². The van der Waals surface area contributed by atoms with E-state index < -0.39 is 23.8 Å². The molecule has 2 aromatic carbocycles. The number of allylic oxidation sites excluding steroid dienone is 1. The molecule has 0 aliphatic rings. The summed E-state index contributed by atoms with van der Waals surface area (Å²) in [5.41, 5.74) is 6.02. The predicted octanol–water partition coefficient (Wildman–Crippen LogP) is 4.69. The van der Waals surface area contributed by atoms with Crippen LogP contribution >= 0.6 is 11.9 Å². The van der Waals surface area contributed by atoms with Gasteiger partial charge in [-0.2, -0.15) is 0 Å². The van der Waals surface area contributed by atoms with Gasteiger partial charge in [0.05, 0.1) is 12.2 Å². The predicted molar refractivity (Wildman–Crippen MR) is 108 cm³/mol. The Morgan fingerprint density at radius 1 is 1.18 bits per heavy atom. The summed E-state index contributed by atoms with van der Waals surface area (Å²) in [6, 6.07) is 12.1. The number of amides is 1. The lowest BCUT2D eigenvalue weighted by Gasteiger charge is -2.22. The molecular formula is C20H22F3N3OS. The van der Waals surface area contributed by atoms with Gasteiger partial charge in [0, 0.05) is 23.1 Å². The zero-order valence-corrected chi connectivity index (χ0v) is 16.5. The van der Waals surface area contributed by atoms with E-state index in [2.05, 4.69) is 18.9 Å². The van der Waals surface area contributed by atoms with Gasteiger partial charge in [-0.15, -0.1) is 0 Å². The molecule has 2 aromatic rings. The molecule has 0 aliphatic carbocycles. The summed E-state index contributed by atoms with van der Waals surface area (Å²) in [7, 11) is 0. The van der Waals surface area contributed by atoms with Crippen LogP contribution in [0.3, 0.4) is 0 Å². The van der Waals surface area contributed by atoms with Crippen LogP contribution in [-0.2, 0) is 13.0 Å². The third-order valence-electron chi connectivity index (χ3n) is 4.08. The number of carbonyl (C=O) groups is 1. The Labute approximate surface area is 166 Å². The number of nitrogens with zero attached hydrogens (tertiary/aromatic N) is 1. The van der Waals surface area contributed by atoms with Crippen molar-refractivity contribution in [2.75, 3.05) is 10.6 Å². The van der Waals surface area contributed by atoms with Gasteiger partial charge >= 0.3 is 0 Å². The number of rotatable bonds is 9. The normalized spacial score (nSPS) is 10.6. The average Bonchev–Trinajstić information content (AvgIpc) is 2.70. The molecule has 0 fully saturated rings. The SMILES string of the molecule is C=C(NNC(=O)c1ccc(CN(SC)c2ccc(CC)cc2)c(F)c1)C(F)F. The molecular weight excluding hydrogens is 387 g/mol. The number of hydrogen-bond acceptors (Lipinski definition) is 4. The van der Waals surface area contributed by atoms with Gasteiger partial charge in [0.15, 0.2) is 0 Å². The summed E-state index contributed by atoms with van der Waals surface area (Å²) in [6.07, 6.45) is 0.0231. The highest BCUT2D eigenvalue weighted by molar-refractivity contribution is 7.99. The molecule has 0 heterocycles. The summed E-state index contributed by atoms with van der Waals surface area (Å²) < 4.78 is 41.1. The molecule has 150 valence electrons. The number of hydrogen-bond donors (Lipinski definition) is 2. The standard InChI is InChI=1S/C20H22F3N3OS/c1-4-14-5-9-17(10-6-14)26(28-3)12-16-8-7-15(11-18(16)21)20(27)25-24-13(2)19(22)23/h5-11,19,24H,2,4,12H2,1,3H3,(H,25,27). The molecule has 0 aliphatic heterocycles. The van der Waals surface area contributed by atoms with E-state index in [0.29, 0.717) is 12.1 Å². The number of aryl methyl sites for hydroxylation is 1. The Bertz CT molecular complexity index is 828. The fourth-order valence-electron chi connectivity index (χ4n) is 2.39. The molecule has 0 spiro atoms. The molecule has 0 bridgehead atoms. The van der Waals surface area contributed by atoms with E-state index in [9.17, 15) is 18.0 Å². The van der Waals surface area contributed by atoms with E-state index in [-0.39, 0.29) is 5.56 Å². The van der Waals surface area contributed by atoms with Crippen LogP contribution in [0.15, 0.2) is 54.7 Å². The van der Waals surface area contributed by atoms with Crippen LogP contribution in [0.1, 0.15) is 28.4 Å². The fraction of sp³-hybridized carbons (Fsp3) is 0.250. The average molecular weight is 409 g/mol. The quantitative estimate of drug-likeness (QED) is 0.466. The summed E-state index contributed by atoms with van der Waals surface area (Å²) in [6.45, 7) is 5.46. The van der Waals surface area contributed by atoms with Crippen molar-refractivity contribution in [3.8, 4) is 0 Å². The Hall–Kier alpha value is -2.61. The number of hydrazine groups is 1. The first-order valence-electron chi connectivity index (χ1n) is 8.58. The second-order valence-electron chi connectivity index (χ2n) is 5.95. The monoisotopic (exact) mass is 409 g/mol. The zero-order chi connectivity index (χ0) is 20.7. The Morgan fingerprint density at radius 2 is 1.86 bits per heavy atom. The van der Waals surface area contributed by atoms with E-state index >= 15 is 0 Å². The van der Waals surface area contributed by atoms with Crippen LogP contribution in [0.25, 0.3) is 0 Å². The molecule has 0 atom stereocenters.